The second-order valence-corrected chi connectivity index (χ2v) is 11.4. The van der Waals surface area contributed by atoms with E-state index >= 15 is 0 Å². The number of ether oxygens (including phenoxy) is 1. The second-order valence-electron chi connectivity index (χ2n) is 8.48. The third-order valence-corrected chi connectivity index (χ3v) is 7.64. The summed E-state index contributed by atoms with van der Waals surface area (Å²) in [4.78, 5) is 2.85. The first kappa shape index (κ1) is 23.0. The molecule has 0 bridgehead atoms. The highest BCUT2D eigenvalue weighted by Crippen LogP contribution is 2.25. The Labute approximate surface area is 199 Å². The lowest BCUT2D eigenvalue weighted by Crippen LogP contribution is -2.35. The van der Waals surface area contributed by atoms with Gasteiger partial charge in [0.15, 0.2) is 9.84 Å². The summed E-state index contributed by atoms with van der Waals surface area (Å²) in [6.07, 6.45) is 3.53. The van der Waals surface area contributed by atoms with Gasteiger partial charge in [-0.25, -0.2) is 8.42 Å². The molecule has 32 heavy (non-hydrogen) atoms. The number of likely N-dealkylation sites (tertiary alicyclic amines) is 1. The number of nitrogens with zero attached hydrogens (tertiary/aromatic N) is 1. The van der Waals surface area contributed by atoms with Crippen LogP contribution < -0.4 is 4.74 Å². The normalized spacial score (nSPS) is 15.6. The van der Waals surface area contributed by atoms with Gasteiger partial charge in [-0.1, -0.05) is 52.3 Å². The topological polar surface area (TPSA) is 46.6 Å². The fourth-order valence-corrected chi connectivity index (χ4v) is 4.91. The van der Waals surface area contributed by atoms with Gasteiger partial charge in [0.05, 0.1) is 11.5 Å². The monoisotopic (exact) mass is 513 g/mol. The largest absolute Gasteiger partial charge is 0.493 e. The number of hydrogen-bond acceptors (Lipinski definition) is 4. The van der Waals surface area contributed by atoms with E-state index in [-0.39, 0.29) is 0 Å². The van der Waals surface area contributed by atoms with Gasteiger partial charge in [-0.05, 0) is 84.9 Å². The summed E-state index contributed by atoms with van der Waals surface area (Å²) < 4.78 is 30.4. The van der Waals surface area contributed by atoms with E-state index < -0.39 is 9.84 Å². The minimum atomic E-state index is -3.17. The van der Waals surface area contributed by atoms with E-state index in [2.05, 4.69) is 45.1 Å². The van der Waals surface area contributed by atoms with E-state index in [0.29, 0.717) is 10.8 Å². The summed E-state index contributed by atoms with van der Waals surface area (Å²) in [6, 6.07) is 23.6. The molecule has 0 aromatic heterocycles. The molecule has 4 nitrogen and oxygen atoms in total. The number of hydrogen-bond donors (Lipinski definition) is 0. The van der Waals surface area contributed by atoms with Crippen LogP contribution in [0.3, 0.4) is 0 Å². The highest BCUT2D eigenvalue weighted by atomic mass is 79.9. The Hall–Kier alpha value is -2.15. The summed E-state index contributed by atoms with van der Waals surface area (Å²) in [5.74, 6) is 1.46. The number of benzene rings is 3. The van der Waals surface area contributed by atoms with Crippen molar-refractivity contribution in [3.05, 3.63) is 82.8 Å². The van der Waals surface area contributed by atoms with Crippen LogP contribution >= 0.6 is 15.9 Å². The molecule has 1 aliphatic rings. The van der Waals surface area contributed by atoms with Crippen LogP contribution in [0.4, 0.5) is 0 Å². The van der Waals surface area contributed by atoms with E-state index in [9.17, 15) is 8.42 Å². The van der Waals surface area contributed by atoms with Gasteiger partial charge < -0.3 is 4.74 Å². The van der Waals surface area contributed by atoms with Crippen LogP contribution in [0.15, 0.2) is 82.2 Å². The van der Waals surface area contributed by atoms with Gasteiger partial charge >= 0.3 is 0 Å². The zero-order valence-electron chi connectivity index (χ0n) is 18.2. The van der Waals surface area contributed by atoms with Gasteiger partial charge in [0.2, 0.25) is 0 Å². The molecular weight excluding hydrogens is 486 g/mol. The number of rotatable bonds is 7. The SMILES string of the molecule is CS(=O)(=O)c1ccc(-c2ccc(OCC3CCN(Cc4ccc(Br)cc4)CC3)cc2)cc1. The van der Waals surface area contributed by atoms with Gasteiger partial charge in [-0.2, -0.15) is 0 Å². The Morgan fingerprint density at radius 3 is 2.00 bits per heavy atom. The van der Waals surface area contributed by atoms with Gasteiger partial charge in [-0.15, -0.1) is 0 Å². The van der Waals surface area contributed by atoms with Crippen molar-refractivity contribution in [3.63, 3.8) is 0 Å². The van der Waals surface area contributed by atoms with Crippen LogP contribution in [0.25, 0.3) is 11.1 Å². The number of piperidine rings is 1. The van der Waals surface area contributed by atoms with Crippen LogP contribution in [-0.2, 0) is 16.4 Å². The van der Waals surface area contributed by atoms with E-state index in [1.54, 1.807) is 12.1 Å². The molecule has 0 N–H and O–H groups in total. The molecular formula is C26H28BrNO3S. The van der Waals surface area contributed by atoms with Crippen molar-refractivity contribution < 1.29 is 13.2 Å². The molecule has 0 amide bonds. The third-order valence-electron chi connectivity index (χ3n) is 5.98. The number of sulfone groups is 1. The van der Waals surface area contributed by atoms with E-state index in [1.807, 2.05) is 36.4 Å². The average molecular weight is 514 g/mol. The van der Waals surface area contributed by atoms with Gasteiger partial charge in [0.25, 0.3) is 0 Å². The lowest BCUT2D eigenvalue weighted by atomic mass is 9.97. The van der Waals surface area contributed by atoms with Crippen LogP contribution in [0.2, 0.25) is 0 Å². The Morgan fingerprint density at radius 2 is 1.44 bits per heavy atom. The molecule has 1 heterocycles. The first-order valence-corrected chi connectivity index (χ1v) is 13.6. The highest BCUT2D eigenvalue weighted by Gasteiger charge is 2.20. The zero-order valence-corrected chi connectivity index (χ0v) is 20.6. The first-order valence-electron chi connectivity index (χ1n) is 10.9. The Morgan fingerprint density at radius 1 is 0.875 bits per heavy atom. The predicted octanol–water partition coefficient (Wildman–Crippen LogP) is 5.81. The molecule has 0 saturated carbocycles. The lowest BCUT2D eigenvalue weighted by molar-refractivity contribution is 0.137. The van der Waals surface area contributed by atoms with Crippen molar-refractivity contribution >= 4 is 25.8 Å². The molecule has 1 saturated heterocycles. The second kappa shape index (κ2) is 10.2. The molecule has 0 atom stereocenters. The van der Waals surface area contributed by atoms with Crippen LogP contribution in [0, 0.1) is 5.92 Å². The van der Waals surface area contributed by atoms with Crippen LogP contribution in [-0.4, -0.2) is 39.3 Å². The summed E-state index contributed by atoms with van der Waals surface area (Å²) in [7, 11) is -3.17. The Bertz CT molecular complexity index is 1120. The number of halogens is 1. The summed E-state index contributed by atoms with van der Waals surface area (Å²) in [5.41, 5.74) is 3.38. The lowest BCUT2D eigenvalue weighted by Gasteiger charge is -2.31. The summed E-state index contributed by atoms with van der Waals surface area (Å²) in [6.45, 7) is 3.96. The third kappa shape index (κ3) is 6.21. The van der Waals surface area contributed by atoms with E-state index in [0.717, 1.165) is 60.4 Å². The molecule has 1 fully saturated rings. The Kier molecular flexibility index (Phi) is 7.33. The molecule has 1 aliphatic heterocycles. The maximum Gasteiger partial charge on any atom is 0.175 e. The molecule has 4 rings (SSSR count). The standard InChI is InChI=1S/C26H28BrNO3S/c1-32(29,30)26-12-6-23(7-13-26)22-4-10-25(11-5-22)31-19-21-14-16-28(17-15-21)18-20-2-8-24(27)9-3-20/h2-13,21H,14-19H2,1H3. The van der Waals surface area contributed by atoms with Crippen molar-refractivity contribution in [1.29, 1.82) is 0 Å². The molecule has 0 radical (unpaired) electrons. The molecule has 168 valence electrons. The van der Waals surface area contributed by atoms with Crippen molar-refractivity contribution in [2.75, 3.05) is 26.0 Å². The van der Waals surface area contributed by atoms with Crippen molar-refractivity contribution in [1.82, 2.24) is 4.90 Å². The fourth-order valence-electron chi connectivity index (χ4n) is 4.01. The molecule has 6 heteroatoms. The fraction of sp³-hybridized carbons (Fsp3) is 0.308. The van der Waals surface area contributed by atoms with Crippen LogP contribution in [0.5, 0.6) is 5.75 Å². The summed E-state index contributed by atoms with van der Waals surface area (Å²) in [5, 5.41) is 0. The van der Waals surface area contributed by atoms with Gasteiger partial charge in [0.1, 0.15) is 5.75 Å². The smallest absolute Gasteiger partial charge is 0.175 e. The predicted molar refractivity (Wildman–Crippen MR) is 133 cm³/mol. The minimum absolute atomic E-state index is 0.337. The van der Waals surface area contributed by atoms with Crippen molar-refractivity contribution in [3.8, 4) is 16.9 Å². The molecule has 3 aromatic carbocycles. The first-order chi connectivity index (χ1) is 15.4. The molecule has 0 spiro atoms. The van der Waals surface area contributed by atoms with Gasteiger partial charge in [-0.3, -0.25) is 4.90 Å². The highest BCUT2D eigenvalue weighted by molar-refractivity contribution is 9.10. The molecule has 0 aliphatic carbocycles. The van der Waals surface area contributed by atoms with Crippen molar-refractivity contribution in [2.24, 2.45) is 5.92 Å². The minimum Gasteiger partial charge on any atom is -0.493 e. The summed E-state index contributed by atoms with van der Waals surface area (Å²) >= 11 is 3.49. The molecule has 0 unspecified atom stereocenters. The maximum atomic E-state index is 11.6. The van der Waals surface area contributed by atoms with Crippen LogP contribution in [0.1, 0.15) is 18.4 Å². The average Bonchev–Trinajstić information content (AvgIpc) is 2.80. The quantitative estimate of drug-likeness (QED) is 0.399. The van der Waals surface area contributed by atoms with Crippen molar-refractivity contribution in [2.45, 2.75) is 24.3 Å². The Balaban J connectivity index is 1.25. The van der Waals surface area contributed by atoms with Gasteiger partial charge in [0, 0.05) is 17.3 Å². The maximum absolute atomic E-state index is 11.6. The van der Waals surface area contributed by atoms with E-state index in [4.69, 9.17) is 4.74 Å². The zero-order chi connectivity index (χ0) is 22.6. The van der Waals surface area contributed by atoms with E-state index in [1.165, 1.54) is 11.8 Å². The molecule has 3 aromatic rings.